The van der Waals surface area contributed by atoms with E-state index >= 15 is 0 Å². The van der Waals surface area contributed by atoms with Crippen molar-refractivity contribution in [3.05, 3.63) is 12.1 Å². The van der Waals surface area contributed by atoms with Crippen molar-refractivity contribution in [1.29, 1.82) is 0 Å². The molecule has 0 radical (unpaired) electrons. The van der Waals surface area contributed by atoms with Crippen LogP contribution in [-0.4, -0.2) is 52.8 Å². The first-order valence-corrected chi connectivity index (χ1v) is 8.96. The van der Waals surface area contributed by atoms with Crippen LogP contribution in [0.3, 0.4) is 0 Å². The summed E-state index contributed by atoms with van der Waals surface area (Å²) in [7, 11) is 4.69. The zero-order chi connectivity index (χ0) is 20.4. The number of anilines is 1. The summed E-state index contributed by atoms with van der Waals surface area (Å²) < 4.78 is 16.1. The standard InChI is InChI=1S/C19H32N4O4/c1-8-20-17(24)19(3,4)12-22-18(21-9-2)23-13-10-14(25-5)16(27-7)15(11-13)26-6/h10-11H,8-9,12H2,1-7H3,(H,20,24)(H2,21,22,23). The number of methoxy groups -OCH3 is 3. The van der Waals surface area contributed by atoms with Crippen molar-refractivity contribution in [3.8, 4) is 17.2 Å². The fraction of sp³-hybridized carbons (Fsp3) is 0.579. The van der Waals surface area contributed by atoms with Gasteiger partial charge in [0, 0.05) is 30.9 Å². The summed E-state index contributed by atoms with van der Waals surface area (Å²) in [6, 6.07) is 3.59. The molecule has 27 heavy (non-hydrogen) atoms. The summed E-state index contributed by atoms with van der Waals surface area (Å²) >= 11 is 0. The van der Waals surface area contributed by atoms with Gasteiger partial charge in [-0.15, -0.1) is 0 Å². The van der Waals surface area contributed by atoms with Gasteiger partial charge in [-0.3, -0.25) is 9.79 Å². The summed E-state index contributed by atoms with van der Waals surface area (Å²) in [5.41, 5.74) is 0.105. The van der Waals surface area contributed by atoms with Crippen molar-refractivity contribution in [2.24, 2.45) is 10.4 Å². The smallest absolute Gasteiger partial charge is 0.227 e. The van der Waals surface area contributed by atoms with E-state index in [4.69, 9.17) is 14.2 Å². The lowest BCUT2D eigenvalue weighted by Gasteiger charge is -2.22. The summed E-state index contributed by atoms with van der Waals surface area (Å²) in [6.07, 6.45) is 0. The van der Waals surface area contributed by atoms with E-state index in [1.165, 1.54) is 0 Å². The van der Waals surface area contributed by atoms with Crippen LogP contribution in [0.1, 0.15) is 27.7 Å². The number of rotatable bonds is 9. The van der Waals surface area contributed by atoms with Gasteiger partial charge in [0.25, 0.3) is 0 Å². The lowest BCUT2D eigenvalue weighted by Crippen LogP contribution is -2.40. The van der Waals surface area contributed by atoms with E-state index in [0.717, 1.165) is 5.69 Å². The Morgan fingerprint density at radius 3 is 2.00 bits per heavy atom. The highest BCUT2D eigenvalue weighted by Gasteiger charge is 2.27. The molecular formula is C19H32N4O4. The molecule has 1 aromatic rings. The Morgan fingerprint density at radius 2 is 1.56 bits per heavy atom. The largest absolute Gasteiger partial charge is 0.493 e. The predicted octanol–water partition coefficient (Wildman–Crippen LogP) is 2.25. The topological polar surface area (TPSA) is 93.2 Å². The molecule has 1 aromatic carbocycles. The molecule has 0 aromatic heterocycles. The molecule has 1 rings (SSSR count). The minimum absolute atomic E-state index is 0.0302. The number of ether oxygens (including phenoxy) is 3. The molecule has 1 amide bonds. The van der Waals surface area contributed by atoms with Gasteiger partial charge >= 0.3 is 0 Å². The van der Waals surface area contributed by atoms with Gasteiger partial charge in [0.2, 0.25) is 11.7 Å². The fourth-order valence-corrected chi connectivity index (χ4v) is 2.35. The molecule has 0 spiro atoms. The monoisotopic (exact) mass is 380 g/mol. The van der Waals surface area contributed by atoms with Crippen LogP contribution in [0.5, 0.6) is 17.2 Å². The van der Waals surface area contributed by atoms with Crippen molar-refractivity contribution in [2.75, 3.05) is 46.3 Å². The van der Waals surface area contributed by atoms with E-state index in [9.17, 15) is 4.79 Å². The Hall–Kier alpha value is -2.64. The Bertz CT molecular complexity index is 634. The summed E-state index contributed by atoms with van der Waals surface area (Å²) in [6.45, 7) is 9.20. The molecule has 0 aliphatic heterocycles. The van der Waals surface area contributed by atoms with Gasteiger partial charge < -0.3 is 30.2 Å². The highest BCUT2D eigenvalue weighted by Crippen LogP contribution is 2.39. The SMILES string of the molecule is CCNC(=O)C(C)(C)CN=C(NCC)Nc1cc(OC)c(OC)c(OC)c1. The predicted molar refractivity (Wildman–Crippen MR) is 108 cm³/mol. The quantitative estimate of drug-likeness (QED) is 0.449. The Balaban J connectivity index is 3.07. The summed E-state index contributed by atoms with van der Waals surface area (Å²) in [4.78, 5) is 16.7. The number of hydrogen-bond donors (Lipinski definition) is 3. The zero-order valence-corrected chi connectivity index (χ0v) is 17.4. The average molecular weight is 380 g/mol. The molecule has 152 valence electrons. The van der Waals surface area contributed by atoms with Crippen molar-refractivity contribution < 1.29 is 19.0 Å². The number of carbonyl (C=O) groups is 1. The molecule has 0 heterocycles. The first kappa shape index (κ1) is 22.4. The van der Waals surface area contributed by atoms with Crippen LogP contribution in [0.25, 0.3) is 0 Å². The molecule has 0 aliphatic carbocycles. The normalized spacial score (nSPS) is 11.6. The minimum atomic E-state index is -0.617. The van der Waals surface area contributed by atoms with Crippen LogP contribution in [0.4, 0.5) is 5.69 Å². The maximum Gasteiger partial charge on any atom is 0.227 e. The molecule has 0 bridgehead atoms. The maximum absolute atomic E-state index is 12.2. The maximum atomic E-state index is 12.2. The van der Waals surface area contributed by atoms with E-state index < -0.39 is 5.41 Å². The number of benzene rings is 1. The van der Waals surface area contributed by atoms with Gasteiger partial charge in [0.05, 0.1) is 33.3 Å². The number of aliphatic imine (C=N–C) groups is 1. The van der Waals surface area contributed by atoms with Gasteiger partial charge in [-0.1, -0.05) is 0 Å². The lowest BCUT2D eigenvalue weighted by atomic mass is 9.92. The molecule has 0 aliphatic rings. The van der Waals surface area contributed by atoms with Gasteiger partial charge in [0.1, 0.15) is 0 Å². The van der Waals surface area contributed by atoms with Crippen LogP contribution < -0.4 is 30.2 Å². The van der Waals surface area contributed by atoms with E-state index in [0.29, 0.717) is 42.8 Å². The second-order valence-corrected chi connectivity index (χ2v) is 6.48. The number of amides is 1. The van der Waals surface area contributed by atoms with Crippen LogP contribution >= 0.6 is 0 Å². The van der Waals surface area contributed by atoms with Crippen LogP contribution in [0, 0.1) is 5.41 Å². The van der Waals surface area contributed by atoms with E-state index in [1.54, 1.807) is 33.5 Å². The molecule has 0 atom stereocenters. The first-order chi connectivity index (χ1) is 12.8. The number of nitrogens with one attached hydrogen (secondary N) is 3. The van der Waals surface area contributed by atoms with Crippen LogP contribution in [0.15, 0.2) is 17.1 Å². The summed E-state index contributed by atoms with van der Waals surface area (Å²) in [5, 5.41) is 9.23. The summed E-state index contributed by atoms with van der Waals surface area (Å²) in [5.74, 6) is 2.13. The Morgan fingerprint density at radius 1 is 1.00 bits per heavy atom. The molecule has 0 fully saturated rings. The van der Waals surface area contributed by atoms with E-state index in [-0.39, 0.29) is 5.91 Å². The molecule has 3 N–H and O–H groups in total. The van der Waals surface area contributed by atoms with Crippen LogP contribution in [-0.2, 0) is 4.79 Å². The Labute approximate surface area is 161 Å². The second-order valence-electron chi connectivity index (χ2n) is 6.48. The minimum Gasteiger partial charge on any atom is -0.493 e. The third kappa shape index (κ3) is 6.23. The second kappa shape index (κ2) is 10.5. The molecular weight excluding hydrogens is 348 g/mol. The van der Waals surface area contributed by atoms with Gasteiger partial charge in [-0.2, -0.15) is 0 Å². The third-order valence-corrected chi connectivity index (χ3v) is 3.86. The van der Waals surface area contributed by atoms with E-state index in [2.05, 4.69) is 20.9 Å². The van der Waals surface area contributed by atoms with Crippen molar-refractivity contribution in [2.45, 2.75) is 27.7 Å². The number of carbonyl (C=O) groups excluding carboxylic acids is 1. The molecule has 0 saturated carbocycles. The highest BCUT2D eigenvalue weighted by molar-refractivity contribution is 5.94. The Kier molecular flexibility index (Phi) is 8.71. The van der Waals surface area contributed by atoms with Gasteiger partial charge in [-0.05, 0) is 27.7 Å². The fourth-order valence-electron chi connectivity index (χ4n) is 2.35. The molecule has 8 nitrogen and oxygen atoms in total. The highest BCUT2D eigenvalue weighted by atomic mass is 16.5. The van der Waals surface area contributed by atoms with Crippen molar-refractivity contribution in [1.82, 2.24) is 10.6 Å². The van der Waals surface area contributed by atoms with Crippen molar-refractivity contribution in [3.63, 3.8) is 0 Å². The van der Waals surface area contributed by atoms with Gasteiger partial charge in [-0.25, -0.2) is 0 Å². The first-order valence-electron chi connectivity index (χ1n) is 8.96. The lowest BCUT2D eigenvalue weighted by molar-refractivity contribution is -0.128. The molecule has 8 heteroatoms. The zero-order valence-electron chi connectivity index (χ0n) is 17.4. The number of hydrogen-bond acceptors (Lipinski definition) is 5. The van der Waals surface area contributed by atoms with E-state index in [1.807, 2.05) is 27.7 Å². The third-order valence-electron chi connectivity index (χ3n) is 3.86. The molecule has 0 unspecified atom stereocenters. The van der Waals surface area contributed by atoms with Crippen molar-refractivity contribution >= 4 is 17.6 Å². The van der Waals surface area contributed by atoms with Crippen LogP contribution in [0.2, 0.25) is 0 Å². The number of guanidine groups is 1. The average Bonchev–Trinajstić information content (AvgIpc) is 2.65. The van der Waals surface area contributed by atoms with Gasteiger partial charge in [0.15, 0.2) is 17.5 Å². The molecule has 0 saturated heterocycles. The number of nitrogens with zero attached hydrogens (tertiary/aromatic N) is 1.